The van der Waals surface area contributed by atoms with E-state index in [9.17, 15) is 14.7 Å². The van der Waals surface area contributed by atoms with E-state index in [2.05, 4.69) is 10.6 Å². The zero-order chi connectivity index (χ0) is 17.7. The minimum Gasteiger partial charge on any atom is -0.384 e. The number of carbonyl (C=O) groups is 2. The second-order valence-corrected chi connectivity index (χ2v) is 6.15. The monoisotopic (exact) mass is 346 g/mol. The second kappa shape index (κ2) is 7.47. The lowest BCUT2D eigenvalue weighted by Gasteiger charge is -2.24. The highest BCUT2D eigenvalue weighted by Crippen LogP contribution is 2.20. The Bertz CT molecular complexity index is 745. The number of hydrogen-bond acceptors (Lipinski definition) is 3. The summed E-state index contributed by atoms with van der Waals surface area (Å²) in [6, 6.07) is 13.9. The van der Waals surface area contributed by atoms with Crippen molar-refractivity contribution in [3.63, 3.8) is 0 Å². The highest BCUT2D eigenvalue weighted by atomic mass is 35.5. The molecule has 0 fully saturated rings. The van der Waals surface area contributed by atoms with E-state index in [1.165, 1.54) is 0 Å². The Morgan fingerprint density at radius 3 is 2.42 bits per heavy atom. The molecule has 0 aromatic heterocycles. The molecule has 0 aliphatic carbocycles. The Hall–Kier alpha value is -2.37. The van der Waals surface area contributed by atoms with E-state index >= 15 is 0 Å². The molecule has 0 bridgehead atoms. The van der Waals surface area contributed by atoms with Gasteiger partial charge in [0.1, 0.15) is 5.60 Å². The van der Waals surface area contributed by atoms with Gasteiger partial charge < -0.3 is 15.7 Å². The Morgan fingerprint density at radius 1 is 1.12 bits per heavy atom. The van der Waals surface area contributed by atoms with Crippen LogP contribution in [-0.4, -0.2) is 23.5 Å². The summed E-state index contributed by atoms with van der Waals surface area (Å²) in [5.41, 5.74) is 0.680. The molecule has 0 saturated heterocycles. The highest BCUT2D eigenvalue weighted by molar-refractivity contribution is 6.39. The Balaban J connectivity index is 1.94. The number of amides is 2. The lowest BCUT2D eigenvalue weighted by atomic mass is 9.96. The van der Waals surface area contributed by atoms with Gasteiger partial charge in [-0.05, 0) is 37.1 Å². The summed E-state index contributed by atoms with van der Waals surface area (Å²) < 4.78 is 0. The first-order valence-electron chi connectivity index (χ1n) is 7.43. The normalized spacial score (nSPS) is 13.0. The molecule has 0 saturated carbocycles. The van der Waals surface area contributed by atoms with Gasteiger partial charge in [0.15, 0.2) is 0 Å². The Labute approximate surface area is 145 Å². The fourth-order valence-electron chi connectivity index (χ4n) is 2.09. The van der Waals surface area contributed by atoms with Crippen molar-refractivity contribution in [2.45, 2.75) is 19.4 Å². The van der Waals surface area contributed by atoms with E-state index < -0.39 is 17.4 Å². The third kappa shape index (κ3) is 4.57. The highest BCUT2D eigenvalue weighted by Gasteiger charge is 2.25. The second-order valence-electron chi connectivity index (χ2n) is 5.74. The van der Waals surface area contributed by atoms with Crippen LogP contribution in [0.1, 0.15) is 18.1 Å². The van der Waals surface area contributed by atoms with E-state index in [0.29, 0.717) is 16.3 Å². The van der Waals surface area contributed by atoms with Gasteiger partial charge in [0, 0.05) is 10.7 Å². The largest absolute Gasteiger partial charge is 0.384 e. The van der Waals surface area contributed by atoms with E-state index in [-0.39, 0.29) is 6.54 Å². The molecule has 0 spiro atoms. The molecule has 2 amide bonds. The van der Waals surface area contributed by atoms with Crippen molar-refractivity contribution in [1.29, 1.82) is 0 Å². The van der Waals surface area contributed by atoms with E-state index in [1.807, 2.05) is 13.0 Å². The van der Waals surface area contributed by atoms with Crippen LogP contribution in [0, 0.1) is 6.92 Å². The first-order chi connectivity index (χ1) is 11.3. The van der Waals surface area contributed by atoms with Crippen LogP contribution in [0.5, 0.6) is 0 Å². The van der Waals surface area contributed by atoms with Gasteiger partial charge >= 0.3 is 11.8 Å². The Morgan fingerprint density at radius 2 is 1.79 bits per heavy atom. The molecule has 2 aromatic carbocycles. The molecular weight excluding hydrogens is 328 g/mol. The van der Waals surface area contributed by atoms with Crippen LogP contribution in [0.3, 0.4) is 0 Å². The lowest BCUT2D eigenvalue weighted by molar-refractivity contribution is -0.136. The maximum atomic E-state index is 11.9. The van der Waals surface area contributed by atoms with Gasteiger partial charge in [0.25, 0.3) is 0 Å². The van der Waals surface area contributed by atoms with Gasteiger partial charge in [-0.2, -0.15) is 0 Å². The minimum atomic E-state index is -1.27. The summed E-state index contributed by atoms with van der Waals surface area (Å²) >= 11 is 5.98. The summed E-state index contributed by atoms with van der Waals surface area (Å²) in [5, 5.41) is 15.8. The summed E-state index contributed by atoms with van der Waals surface area (Å²) in [5.74, 6) is -1.65. The van der Waals surface area contributed by atoms with E-state index in [1.54, 1.807) is 49.4 Å². The average molecular weight is 347 g/mol. The number of aliphatic hydroxyl groups is 1. The van der Waals surface area contributed by atoms with Crippen LogP contribution in [0.4, 0.5) is 5.69 Å². The maximum absolute atomic E-state index is 11.9. The first kappa shape index (κ1) is 18.0. The zero-order valence-corrected chi connectivity index (χ0v) is 14.2. The quantitative estimate of drug-likeness (QED) is 0.745. The number of halogens is 1. The van der Waals surface area contributed by atoms with Crippen LogP contribution in [0.2, 0.25) is 5.02 Å². The summed E-state index contributed by atoms with van der Waals surface area (Å²) in [7, 11) is 0. The number of anilines is 1. The number of nitrogens with one attached hydrogen (secondary N) is 2. The zero-order valence-electron chi connectivity index (χ0n) is 13.5. The molecule has 6 heteroatoms. The smallest absolute Gasteiger partial charge is 0.313 e. The standard InChI is InChI=1S/C18H19ClN2O3/c1-12-8-9-14(10-15(12)19)21-17(23)16(22)20-11-18(2,24)13-6-4-3-5-7-13/h3-10,24H,11H2,1-2H3,(H,20,22)(H,21,23). The first-order valence-corrected chi connectivity index (χ1v) is 7.80. The molecule has 1 atom stereocenters. The van der Waals surface area contributed by atoms with Crippen LogP contribution >= 0.6 is 11.6 Å². The van der Waals surface area contributed by atoms with Crippen LogP contribution < -0.4 is 10.6 Å². The number of hydrogen-bond donors (Lipinski definition) is 3. The van der Waals surface area contributed by atoms with Crippen molar-refractivity contribution in [1.82, 2.24) is 5.32 Å². The van der Waals surface area contributed by atoms with Crippen molar-refractivity contribution in [2.75, 3.05) is 11.9 Å². The average Bonchev–Trinajstić information content (AvgIpc) is 2.57. The van der Waals surface area contributed by atoms with Crippen LogP contribution in [-0.2, 0) is 15.2 Å². The molecule has 5 nitrogen and oxygen atoms in total. The van der Waals surface area contributed by atoms with Crippen molar-refractivity contribution < 1.29 is 14.7 Å². The SMILES string of the molecule is Cc1ccc(NC(=O)C(=O)NCC(C)(O)c2ccccc2)cc1Cl. The van der Waals surface area contributed by atoms with Gasteiger partial charge in [-0.15, -0.1) is 0 Å². The number of benzene rings is 2. The maximum Gasteiger partial charge on any atom is 0.313 e. The van der Waals surface area contributed by atoms with Crippen LogP contribution in [0.25, 0.3) is 0 Å². The minimum absolute atomic E-state index is 0.0854. The third-order valence-corrected chi connectivity index (χ3v) is 4.03. The molecule has 126 valence electrons. The lowest BCUT2D eigenvalue weighted by Crippen LogP contribution is -2.43. The molecule has 24 heavy (non-hydrogen) atoms. The summed E-state index contributed by atoms with van der Waals surface area (Å²) in [4.78, 5) is 23.8. The van der Waals surface area contributed by atoms with Gasteiger partial charge in [0.05, 0.1) is 6.54 Å². The summed E-state index contributed by atoms with van der Waals surface area (Å²) in [6.45, 7) is 3.32. The molecule has 1 unspecified atom stereocenters. The van der Waals surface area contributed by atoms with Crippen molar-refractivity contribution >= 4 is 29.1 Å². The van der Waals surface area contributed by atoms with Gasteiger partial charge in [-0.25, -0.2) is 0 Å². The molecular formula is C18H19ClN2O3. The molecule has 2 rings (SSSR count). The van der Waals surface area contributed by atoms with E-state index in [0.717, 1.165) is 5.56 Å². The predicted molar refractivity (Wildman–Crippen MR) is 93.8 cm³/mol. The molecule has 2 aromatic rings. The molecule has 0 heterocycles. The fourth-order valence-corrected chi connectivity index (χ4v) is 2.27. The van der Waals surface area contributed by atoms with Gasteiger partial charge in [-0.1, -0.05) is 48.0 Å². The number of carbonyl (C=O) groups excluding carboxylic acids is 2. The topological polar surface area (TPSA) is 78.4 Å². The van der Waals surface area contributed by atoms with Crippen molar-refractivity contribution in [2.24, 2.45) is 0 Å². The molecule has 0 aliphatic heterocycles. The third-order valence-electron chi connectivity index (χ3n) is 3.62. The molecule has 3 N–H and O–H groups in total. The van der Waals surface area contributed by atoms with Crippen LogP contribution in [0.15, 0.2) is 48.5 Å². The fraction of sp³-hybridized carbons (Fsp3) is 0.222. The van der Waals surface area contributed by atoms with Gasteiger partial charge in [0.2, 0.25) is 0 Å². The van der Waals surface area contributed by atoms with Crippen molar-refractivity contribution in [3.8, 4) is 0 Å². The Kier molecular flexibility index (Phi) is 5.59. The number of aryl methyl sites for hydroxylation is 1. The summed E-state index contributed by atoms with van der Waals surface area (Å²) in [6.07, 6.45) is 0. The van der Waals surface area contributed by atoms with Gasteiger partial charge in [-0.3, -0.25) is 9.59 Å². The predicted octanol–water partition coefficient (Wildman–Crippen LogP) is 2.61. The molecule has 0 radical (unpaired) electrons. The van der Waals surface area contributed by atoms with E-state index in [4.69, 9.17) is 11.6 Å². The molecule has 0 aliphatic rings. The van der Waals surface area contributed by atoms with Crippen molar-refractivity contribution in [3.05, 3.63) is 64.7 Å². The number of rotatable bonds is 4.